The monoisotopic (exact) mass is 117 g/mol. The van der Waals surface area contributed by atoms with Crippen LogP contribution in [0.2, 0.25) is 0 Å². The van der Waals surface area contributed by atoms with E-state index in [0.717, 1.165) is 5.06 Å². The molecular formula is C4H9N2O2-. The highest BCUT2D eigenvalue weighted by molar-refractivity contribution is 5.67. The van der Waals surface area contributed by atoms with Crippen LogP contribution >= 0.6 is 0 Å². The lowest BCUT2D eigenvalue weighted by atomic mass is 11.0. The SMILES string of the molecule is CN=C([O-])N(C)OC. The molecule has 0 N–H and O–H groups in total. The lowest BCUT2D eigenvalue weighted by molar-refractivity contribution is -0.263. The number of hydrogen-bond acceptors (Lipinski definition) is 3. The largest absolute Gasteiger partial charge is 0.845 e. The first-order chi connectivity index (χ1) is 3.72. The second-order valence-corrected chi connectivity index (χ2v) is 1.19. The van der Waals surface area contributed by atoms with E-state index in [0.29, 0.717) is 0 Å². The lowest BCUT2D eigenvalue weighted by Gasteiger charge is -2.20. The molecule has 0 fully saturated rings. The molecule has 0 saturated heterocycles. The van der Waals surface area contributed by atoms with Crippen molar-refractivity contribution >= 4 is 6.02 Å². The molecule has 8 heavy (non-hydrogen) atoms. The molecule has 0 aliphatic rings. The third-order valence-electron chi connectivity index (χ3n) is 0.735. The summed E-state index contributed by atoms with van der Waals surface area (Å²) in [4.78, 5) is 7.81. The molecule has 0 aromatic carbocycles. The van der Waals surface area contributed by atoms with E-state index < -0.39 is 0 Å². The van der Waals surface area contributed by atoms with E-state index >= 15 is 0 Å². The van der Waals surface area contributed by atoms with Crippen molar-refractivity contribution in [2.45, 2.75) is 0 Å². The Morgan fingerprint density at radius 1 is 1.75 bits per heavy atom. The van der Waals surface area contributed by atoms with E-state index in [1.165, 1.54) is 21.2 Å². The van der Waals surface area contributed by atoms with Crippen molar-refractivity contribution in [3.63, 3.8) is 0 Å². The average molecular weight is 117 g/mol. The predicted molar refractivity (Wildman–Crippen MR) is 28.1 cm³/mol. The van der Waals surface area contributed by atoms with Crippen molar-refractivity contribution in [3.8, 4) is 0 Å². The summed E-state index contributed by atoms with van der Waals surface area (Å²) in [5.74, 6) is 0. The Kier molecular flexibility index (Phi) is 2.95. The molecule has 0 aliphatic carbocycles. The zero-order valence-corrected chi connectivity index (χ0v) is 5.21. The van der Waals surface area contributed by atoms with Crippen LogP contribution in [0, 0.1) is 0 Å². The first-order valence-corrected chi connectivity index (χ1v) is 2.14. The molecular weight excluding hydrogens is 108 g/mol. The fraction of sp³-hybridized carbons (Fsp3) is 0.750. The van der Waals surface area contributed by atoms with Crippen LogP contribution in [0.3, 0.4) is 0 Å². The quantitative estimate of drug-likeness (QED) is 0.247. The number of nitrogens with zero attached hydrogens (tertiary/aromatic N) is 2. The van der Waals surface area contributed by atoms with Crippen LogP contribution in [0.15, 0.2) is 4.99 Å². The van der Waals surface area contributed by atoms with Crippen molar-refractivity contribution < 1.29 is 9.94 Å². The minimum atomic E-state index is -0.382. The first kappa shape index (κ1) is 7.23. The van der Waals surface area contributed by atoms with Crippen LogP contribution in [0.5, 0.6) is 0 Å². The highest BCUT2D eigenvalue weighted by Crippen LogP contribution is 1.76. The summed E-state index contributed by atoms with van der Waals surface area (Å²) in [6, 6.07) is -0.382. The highest BCUT2D eigenvalue weighted by Gasteiger charge is 1.86. The van der Waals surface area contributed by atoms with E-state index in [1.807, 2.05) is 0 Å². The average Bonchev–Trinajstić information content (AvgIpc) is 1.84. The van der Waals surface area contributed by atoms with Crippen molar-refractivity contribution in [2.24, 2.45) is 4.99 Å². The molecule has 0 radical (unpaired) electrons. The normalized spacial score (nSPS) is 11.6. The third kappa shape index (κ3) is 1.79. The molecule has 4 heteroatoms. The van der Waals surface area contributed by atoms with E-state index in [1.54, 1.807) is 0 Å². The first-order valence-electron chi connectivity index (χ1n) is 2.14. The van der Waals surface area contributed by atoms with Gasteiger partial charge in [0.1, 0.15) is 0 Å². The molecule has 0 unspecified atom stereocenters. The summed E-state index contributed by atoms with van der Waals surface area (Å²) in [6.07, 6.45) is 0. The van der Waals surface area contributed by atoms with Crippen molar-refractivity contribution in [2.75, 3.05) is 21.2 Å². The standard InChI is InChI=1S/C4H10N2O2/c1-5-4(7)6(2)8-3/h1-3H3,(H,5,7)/p-1. The molecule has 0 aromatic rings. The Morgan fingerprint density at radius 2 is 2.25 bits per heavy atom. The molecule has 0 rings (SSSR count). The Labute approximate surface area is 48.4 Å². The van der Waals surface area contributed by atoms with Gasteiger partial charge in [-0.05, 0) is 0 Å². The van der Waals surface area contributed by atoms with Gasteiger partial charge < -0.3 is 5.11 Å². The van der Waals surface area contributed by atoms with Crippen LogP contribution in [0.1, 0.15) is 0 Å². The second kappa shape index (κ2) is 3.26. The Hall–Kier alpha value is -0.770. The molecule has 4 nitrogen and oxygen atoms in total. The van der Waals surface area contributed by atoms with Crippen LogP contribution in [-0.2, 0) is 4.84 Å². The van der Waals surface area contributed by atoms with Gasteiger partial charge in [-0.2, -0.15) is 0 Å². The summed E-state index contributed by atoms with van der Waals surface area (Å²) < 4.78 is 0. The van der Waals surface area contributed by atoms with Gasteiger partial charge in [0.2, 0.25) is 0 Å². The fourth-order valence-corrected chi connectivity index (χ4v) is 0.219. The topological polar surface area (TPSA) is 47.9 Å². The van der Waals surface area contributed by atoms with Crippen LogP contribution in [0.25, 0.3) is 0 Å². The zero-order valence-electron chi connectivity index (χ0n) is 5.21. The van der Waals surface area contributed by atoms with E-state index in [4.69, 9.17) is 0 Å². The van der Waals surface area contributed by atoms with Gasteiger partial charge >= 0.3 is 0 Å². The number of amidine groups is 1. The lowest BCUT2D eigenvalue weighted by Crippen LogP contribution is -2.35. The van der Waals surface area contributed by atoms with Gasteiger partial charge in [0.25, 0.3) is 0 Å². The van der Waals surface area contributed by atoms with Gasteiger partial charge in [0.15, 0.2) is 0 Å². The minimum absolute atomic E-state index is 0.382. The van der Waals surface area contributed by atoms with Crippen molar-refractivity contribution in [1.82, 2.24) is 5.06 Å². The number of rotatable bonds is 1. The number of hydroxylamine groups is 2. The molecule has 0 saturated carbocycles. The summed E-state index contributed by atoms with van der Waals surface area (Å²) in [5, 5.41) is 11.4. The van der Waals surface area contributed by atoms with Crippen molar-refractivity contribution in [3.05, 3.63) is 0 Å². The van der Waals surface area contributed by atoms with Gasteiger partial charge in [-0.3, -0.25) is 14.9 Å². The van der Waals surface area contributed by atoms with Crippen LogP contribution in [-0.4, -0.2) is 32.3 Å². The van der Waals surface area contributed by atoms with Gasteiger partial charge in [-0.25, -0.2) is 0 Å². The Bertz CT molecular complexity index is 92.0. The van der Waals surface area contributed by atoms with E-state index in [9.17, 15) is 5.11 Å². The molecule has 0 atom stereocenters. The molecule has 0 aromatic heterocycles. The van der Waals surface area contributed by atoms with Gasteiger partial charge in [0.05, 0.1) is 13.1 Å². The van der Waals surface area contributed by atoms with E-state index in [2.05, 4.69) is 9.83 Å². The number of aliphatic imine (C=N–C) groups is 1. The molecule has 0 aliphatic heterocycles. The van der Waals surface area contributed by atoms with Gasteiger partial charge in [-0.15, -0.1) is 0 Å². The Morgan fingerprint density at radius 3 is 2.38 bits per heavy atom. The summed E-state index contributed by atoms with van der Waals surface area (Å²) in [6.45, 7) is 0. The summed E-state index contributed by atoms with van der Waals surface area (Å²) >= 11 is 0. The van der Waals surface area contributed by atoms with Gasteiger partial charge in [0, 0.05) is 14.1 Å². The highest BCUT2D eigenvalue weighted by atomic mass is 16.7. The number of hydrogen-bond donors (Lipinski definition) is 0. The molecule has 0 heterocycles. The summed E-state index contributed by atoms with van der Waals surface area (Å²) in [5.41, 5.74) is 0. The van der Waals surface area contributed by atoms with Crippen LogP contribution in [0.4, 0.5) is 0 Å². The zero-order chi connectivity index (χ0) is 6.57. The maximum atomic E-state index is 10.4. The van der Waals surface area contributed by atoms with E-state index in [-0.39, 0.29) is 6.02 Å². The second-order valence-electron chi connectivity index (χ2n) is 1.19. The fourth-order valence-electron chi connectivity index (χ4n) is 0.219. The molecule has 0 bridgehead atoms. The third-order valence-corrected chi connectivity index (χ3v) is 0.735. The smallest absolute Gasteiger partial charge is 0.0764 e. The molecule has 0 amide bonds. The minimum Gasteiger partial charge on any atom is -0.845 e. The molecule has 48 valence electrons. The summed E-state index contributed by atoms with van der Waals surface area (Å²) in [7, 11) is 4.32. The Balaban J connectivity index is 3.63. The van der Waals surface area contributed by atoms with Gasteiger partial charge in [-0.1, -0.05) is 0 Å². The maximum Gasteiger partial charge on any atom is 0.0764 e. The maximum absolute atomic E-state index is 10.4. The molecule has 0 spiro atoms. The van der Waals surface area contributed by atoms with Crippen LogP contribution < -0.4 is 5.11 Å². The van der Waals surface area contributed by atoms with Crippen molar-refractivity contribution in [1.29, 1.82) is 0 Å². The predicted octanol–water partition coefficient (Wildman–Crippen LogP) is -1.17.